The molecule has 1 aromatic heterocycles. The Morgan fingerprint density at radius 2 is 2.05 bits per heavy atom. The average molecular weight is 286 g/mol. The Balaban J connectivity index is 2.34. The Kier molecular flexibility index (Phi) is 4.11. The smallest absolute Gasteiger partial charge is 0.308 e. The van der Waals surface area contributed by atoms with Gasteiger partial charge in [0.15, 0.2) is 11.5 Å². The van der Waals surface area contributed by atoms with E-state index in [4.69, 9.17) is 28.5 Å². The minimum absolute atomic E-state index is 0.0150. The lowest BCUT2D eigenvalue weighted by molar-refractivity contribution is 0.282. The zero-order chi connectivity index (χ0) is 14.5. The maximum atomic E-state index is 8.96. The van der Waals surface area contributed by atoms with Crippen molar-refractivity contribution in [1.29, 1.82) is 5.26 Å². The van der Waals surface area contributed by atoms with Gasteiger partial charge in [0, 0.05) is 5.69 Å². The molecule has 6 nitrogen and oxygen atoms in total. The SMILES string of the molecule is [C-]#[N+]c1nc(Cl)c(Nc2ccc(CO)cc2)nc1C#N. The van der Waals surface area contributed by atoms with E-state index in [1.165, 1.54) is 0 Å². The van der Waals surface area contributed by atoms with Crippen LogP contribution in [0.1, 0.15) is 11.3 Å². The largest absolute Gasteiger partial charge is 0.392 e. The second-order valence-electron chi connectivity index (χ2n) is 3.74. The average Bonchev–Trinajstić information content (AvgIpc) is 2.49. The van der Waals surface area contributed by atoms with Gasteiger partial charge in [-0.05, 0) is 29.3 Å². The molecule has 1 heterocycles. The molecule has 0 aliphatic rings. The first-order valence-electron chi connectivity index (χ1n) is 5.50. The lowest BCUT2D eigenvalue weighted by atomic mass is 10.2. The van der Waals surface area contributed by atoms with Gasteiger partial charge in [-0.25, -0.2) is 4.98 Å². The van der Waals surface area contributed by atoms with Crippen molar-refractivity contribution >= 4 is 28.9 Å². The molecular formula is C13H8ClN5O. The molecule has 0 spiro atoms. The monoisotopic (exact) mass is 285 g/mol. The molecule has 7 heteroatoms. The van der Waals surface area contributed by atoms with Crippen LogP contribution in [0.15, 0.2) is 24.3 Å². The molecule has 20 heavy (non-hydrogen) atoms. The number of nitriles is 1. The number of anilines is 2. The van der Waals surface area contributed by atoms with Crippen molar-refractivity contribution < 1.29 is 5.11 Å². The number of nitrogens with zero attached hydrogens (tertiary/aromatic N) is 4. The van der Waals surface area contributed by atoms with Crippen molar-refractivity contribution in [3.8, 4) is 6.07 Å². The van der Waals surface area contributed by atoms with Gasteiger partial charge in [0.1, 0.15) is 6.07 Å². The number of aliphatic hydroxyl groups is 1. The Morgan fingerprint density at radius 1 is 1.35 bits per heavy atom. The minimum Gasteiger partial charge on any atom is -0.392 e. The fraction of sp³-hybridized carbons (Fsp3) is 0.0769. The highest BCUT2D eigenvalue weighted by Gasteiger charge is 2.14. The number of hydrogen-bond acceptors (Lipinski definition) is 5. The van der Waals surface area contributed by atoms with Gasteiger partial charge in [0.2, 0.25) is 0 Å². The molecular weight excluding hydrogens is 278 g/mol. The quantitative estimate of drug-likeness (QED) is 0.847. The summed E-state index contributed by atoms with van der Waals surface area (Å²) in [4.78, 5) is 10.9. The summed E-state index contributed by atoms with van der Waals surface area (Å²) in [6.07, 6.45) is 0. The van der Waals surface area contributed by atoms with Crippen LogP contribution in [0.25, 0.3) is 4.85 Å². The van der Waals surface area contributed by atoms with Gasteiger partial charge >= 0.3 is 5.82 Å². The number of aliphatic hydroxyl groups excluding tert-OH is 1. The molecule has 1 aromatic carbocycles. The number of rotatable bonds is 3. The molecule has 0 aliphatic carbocycles. The molecule has 0 radical (unpaired) electrons. The van der Waals surface area contributed by atoms with Crippen molar-refractivity contribution in [2.24, 2.45) is 0 Å². The highest BCUT2D eigenvalue weighted by Crippen LogP contribution is 2.26. The summed E-state index contributed by atoms with van der Waals surface area (Å²) in [5.41, 5.74) is 1.37. The Hall–Kier alpha value is -2.67. The lowest BCUT2D eigenvalue weighted by Gasteiger charge is -2.06. The van der Waals surface area contributed by atoms with Crippen LogP contribution < -0.4 is 5.32 Å². The van der Waals surface area contributed by atoms with Crippen LogP contribution in [-0.2, 0) is 6.61 Å². The zero-order valence-electron chi connectivity index (χ0n) is 10.1. The maximum absolute atomic E-state index is 8.96. The third-order valence-corrected chi connectivity index (χ3v) is 2.71. The summed E-state index contributed by atoms with van der Waals surface area (Å²) >= 11 is 5.92. The molecule has 0 aliphatic heterocycles. The van der Waals surface area contributed by atoms with Gasteiger partial charge in [-0.1, -0.05) is 18.7 Å². The summed E-state index contributed by atoms with van der Waals surface area (Å²) < 4.78 is 0. The summed E-state index contributed by atoms with van der Waals surface area (Å²) in [6.45, 7) is 6.85. The van der Waals surface area contributed by atoms with Crippen LogP contribution in [0.2, 0.25) is 5.15 Å². The van der Waals surface area contributed by atoms with E-state index in [-0.39, 0.29) is 29.1 Å². The number of benzene rings is 1. The van der Waals surface area contributed by atoms with E-state index >= 15 is 0 Å². The van der Waals surface area contributed by atoms with Crippen molar-refractivity contribution in [2.45, 2.75) is 6.61 Å². The predicted molar refractivity (Wildman–Crippen MR) is 73.7 cm³/mol. The van der Waals surface area contributed by atoms with Crippen molar-refractivity contribution in [1.82, 2.24) is 9.97 Å². The Bertz CT molecular complexity index is 715. The van der Waals surface area contributed by atoms with E-state index in [1.54, 1.807) is 30.3 Å². The summed E-state index contributed by atoms with van der Waals surface area (Å²) in [6, 6.07) is 8.75. The van der Waals surface area contributed by atoms with Gasteiger partial charge < -0.3 is 15.3 Å². The normalized spacial score (nSPS) is 9.60. The molecule has 0 atom stereocenters. The zero-order valence-corrected chi connectivity index (χ0v) is 10.9. The second kappa shape index (κ2) is 5.98. The fourth-order valence-corrected chi connectivity index (χ4v) is 1.64. The number of nitrogens with one attached hydrogen (secondary N) is 1. The molecule has 0 fully saturated rings. The summed E-state index contributed by atoms with van der Waals surface area (Å²) in [5.74, 6) is 0.0750. The lowest BCUT2D eigenvalue weighted by Crippen LogP contribution is -1.99. The number of aromatic nitrogens is 2. The van der Waals surface area contributed by atoms with Gasteiger partial charge in [-0.15, -0.1) is 4.98 Å². The van der Waals surface area contributed by atoms with E-state index in [9.17, 15) is 0 Å². The molecule has 2 rings (SSSR count). The minimum atomic E-state index is -0.126. The van der Waals surface area contributed by atoms with E-state index in [1.807, 2.05) is 0 Å². The van der Waals surface area contributed by atoms with Crippen molar-refractivity contribution in [3.05, 3.63) is 52.1 Å². The van der Waals surface area contributed by atoms with Crippen LogP contribution >= 0.6 is 11.6 Å². The van der Waals surface area contributed by atoms with Crippen molar-refractivity contribution in [3.63, 3.8) is 0 Å². The fourth-order valence-electron chi connectivity index (χ4n) is 1.47. The molecule has 0 bridgehead atoms. The molecule has 0 saturated carbocycles. The Labute approximate surface area is 120 Å². The molecule has 2 N–H and O–H groups in total. The first-order chi connectivity index (χ1) is 9.67. The standard InChI is InChI=1S/C13H8ClN5O/c1-16-12-10(6-15)18-13(11(14)19-12)17-9-4-2-8(7-20)3-5-9/h2-5,20H,7H2,(H,17,18). The summed E-state index contributed by atoms with van der Waals surface area (Å²) in [5, 5.41) is 20.8. The van der Waals surface area contributed by atoms with Gasteiger partial charge in [0.25, 0.3) is 5.15 Å². The highest BCUT2D eigenvalue weighted by molar-refractivity contribution is 6.32. The first-order valence-corrected chi connectivity index (χ1v) is 5.87. The van der Waals surface area contributed by atoms with Gasteiger partial charge in [-0.2, -0.15) is 5.26 Å². The van der Waals surface area contributed by atoms with E-state index in [2.05, 4.69) is 20.1 Å². The number of halogens is 1. The summed E-state index contributed by atoms with van der Waals surface area (Å²) in [7, 11) is 0. The first kappa shape index (κ1) is 13.8. The maximum Gasteiger partial charge on any atom is 0.308 e. The predicted octanol–water partition coefficient (Wildman–Crippen LogP) is 2.79. The topological polar surface area (TPSA) is 86.2 Å². The second-order valence-corrected chi connectivity index (χ2v) is 4.10. The molecule has 0 amide bonds. The van der Waals surface area contributed by atoms with E-state index in [0.29, 0.717) is 5.69 Å². The number of hydrogen-bond donors (Lipinski definition) is 2. The van der Waals surface area contributed by atoms with Crippen LogP contribution in [-0.4, -0.2) is 15.1 Å². The van der Waals surface area contributed by atoms with Crippen LogP contribution in [0, 0.1) is 17.9 Å². The Morgan fingerprint density at radius 3 is 2.60 bits per heavy atom. The molecule has 0 saturated heterocycles. The van der Waals surface area contributed by atoms with E-state index in [0.717, 1.165) is 5.56 Å². The van der Waals surface area contributed by atoms with Gasteiger partial charge in [-0.3, -0.25) is 0 Å². The molecule has 2 aromatic rings. The van der Waals surface area contributed by atoms with Crippen LogP contribution in [0.5, 0.6) is 0 Å². The van der Waals surface area contributed by atoms with Crippen LogP contribution in [0.3, 0.4) is 0 Å². The van der Waals surface area contributed by atoms with Crippen molar-refractivity contribution in [2.75, 3.05) is 5.32 Å². The molecule has 98 valence electrons. The van der Waals surface area contributed by atoms with Gasteiger partial charge in [0.05, 0.1) is 6.61 Å². The van der Waals surface area contributed by atoms with Crippen LogP contribution in [0.4, 0.5) is 17.3 Å². The third-order valence-electron chi connectivity index (χ3n) is 2.45. The highest BCUT2D eigenvalue weighted by atomic mass is 35.5. The van der Waals surface area contributed by atoms with E-state index < -0.39 is 0 Å². The molecule has 0 unspecified atom stereocenters. The third kappa shape index (κ3) is 2.83.